The molecule has 0 bridgehead atoms. The summed E-state index contributed by atoms with van der Waals surface area (Å²) in [5.74, 6) is -2.00. The Kier molecular flexibility index (Phi) is 3.55. The highest BCUT2D eigenvalue weighted by Crippen LogP contribution is 2.15. The molecule has 1 aliphatic heterocycles. The highest BCUT2D eigenvalue weighted by atomic mass is 19.1. The number of carboxylic acid groups (broad SMARTS) is 1. The molecule has 0 aromatic heterocycles. The highest BCUT2D eigenvalue weighted by molar-refractivity contribution is 5.88. The third kappa shape index (κ3) is 2.92. The lowest BCUT2D eigenvalue weighted by Crippen LogP contribution is -2.40. The predicted octanol–water partition coefficient (Wildman–Crippen LogP) is 1.18. The molecule has 1 heterocycles. The van der Waals surface area contributed by atoms with Crippen molar-refractivity contribution in [3.05, 3.63) is 29.6 Å². The fourth-order valence-corrected chi connectivity index (χ4v) is 1.62. The molecule has 92 valence electrons. The standard InChI is InChI=1S/C11H13FN2O3/c12-10-7-8(1-2-9(10)11(15)16)13-14-3-5-17-6-4-14/h1-2,7,13H,3-6H2,(H,15,16). The number of nitrogens with zero attached hydrogens (tertiary/aromatic N) is 1. The second-order valence-electron chi connectivity index (χ2n) is 3.71. The van der Waals surface area contributed by atoms with Crippen LogP contribution in [0.5, 0.6) is 0 Å². The fraction of sp³-hybridized carbons (Fsp3) is 0.364. The van der Waals surface area contributed by atoms with Gasteiger partial charge in [0.2, 0.25) is 0 Å². The number of hydrogen-bond donors (Lipinski definition) is 2. The van der Waals surface area contributed by atoms with Crippen LogP contribution >= 0.6 is 0 Å². The molecule has 2 N–H and O–H groups in total. The Morgan fingerprint density at radius 1 is 1.41 bits per heavy atom. The lowest BCUT2D eigenvalue weighted by atomic mass is 10.2. The maximum atomic E-state index is 13.4. The minimum Gasteiger partial charge on any atom is -0.478 e. The number of carboxylic acids is 1. The number of hydrogen-bond acceptors (Lipinski definition) is 4. The average Bonchev–Trinajstić information content (AvgIpc) is 2.30. The maximum absolute atomic E-state index is 13.4. The summed E-state index contributed by atoms with van der Waals surface area (Å²) in [6.45, 7) is 2.68. The number of ether oxygens (including phenoxy) is 1. The molecular weight excluding hydrogens is 227 g/mol. The van der Waals surface area contributed by atoms with Crippen molar-refractivity contribution in [3.63, 3.8) is 0 Å². The topological polar surface area (TPSA) is 61.8 Å². The van der Waals surface area contributed by atoms with Crippen molar-refractivity contribution in [1.29, 1.82) is 0 Å². The molecule has 0 unspecified atom stereocenters. The Morgan fingerprint density at radius 2 is 2.12 bits per heavy atom. The number of aromatic carboxylic acids is 1. The smallest absolute Gasteiger partial charge is 0.338 e. The Bertz CT molecular complexity index is 419. The summed E-state index contributed by atoms with van der Waals surface area (Å²) < 4.78 is 18.6. The van der Waals surface area contributed by atoms with Gasteiger partial charge >= 0.3 is 5.97 Å². The Labute approximate surface area is 97.8 Å². The molecule has 0 aliphatic carbocycles. The lowest BCUT2D eigenvalue weighted by Gasteiger charge is -2.27. The summed E-state index contributed by atoms with van der Waals surface area (Å²) in [5, 5.41) is 10.6. The third-order valence-electron chi connectivity index (χ3n) is 2.50. The van der Waals surface area contributed by atoms with Crippen molar-refractivity contribution in [2.24, 2.45) is 0 Å². The van der Waals surface area contributed by atoms with Crippen LogP contribution in [-0.2, 0) is 4.74 Å². The molecule has 1 saturated heterocycles. The molecule has 5 nitrogen and oxygen atoms in total. The first-order valence-electron chi connectivity index (χ1n) is 5.29. The predicted molar refractivity (Wildman–Crippen MR) is 59.4 cm³/mol. The van der Waals surface area contributed by atoms with Gasteiger partial charge in [-0.25, -0.2) is 14.2 Å². The molecule has 0 atom stereocenters. The zero-order chi connectivity index (χ0) is 12.3. The number of nitrogens with one attached hydrogen (secondary N) is 1. The van der Waals surface area contributed by atoms with Crippen LogP contribution in [0.1, 0.15) is 10.4 Å². The quantitative estimate of drug-likeness (QED) is 0.830. The maximum Gasteiger partial charge on any atom is 0.338 e. The summed E-state index contributed by atoms with van der Waals surface area (Å²) in [5.41, 5.74) is 3.22. The van der Waals surface area contributed by atoms with Gasteiger partial charge in [0.15, 0.2) is 0 Å². The third-order valence-corrected chi connectivity index (χ3v) is 2.50. The number of benzene rings is 1. The van der Waals surface area contributed by atoms with Crippen molar-refractivity contribution in [3.8, 4) is 0 Å². The summed E-state index contributed by atoms with van der Waals surface area (Å²) in [7, 11) is 0. The zero-order valence-corrected chi connectivity index (χ0v) is 9.15. The van der Waals surface area contributed by atoms with Gasteiger partial charge in [-0.05, 0) is 18.2 Å². The van der Waals surface area contributed by atoms with E-state index in [1.54, 1.807) is 6.07 Å². The molecule has 2 rings (SSSR count). The van der Waals surface area contributed by atoms with Crippen LogP contribution in [0.3, 0.4) is 0 Å². The van der Waals surface area contributed by atoms with E-state index in [-0.39, 0.29) is 5.56 Å². The number of carbonyl (C=O) groups is 1. The van der Waals surface area contributed by atoms with Crippen LogP contribution in [-0.4, -0.2) is 42.4 Å². The second-order valence-corrected chi connectivity index (χ2v) is 3.71. The molecule has 0 amide bonds. The van der Waals surface area contributed by atoms with E-state index in [0.29, 0.717) is 32.0 Å². The molecule has 1 aromatic carbocycles. The van der Waals surface area contributed by atoms with E-state index < -0.39 is 11.8 Å². The van der Waals surface area contributed by atoms with E-state index in [9.17, 15) is 9.18 Å². The molecular formula is C11H13FN2O3. The van der Waals surface area contributed by atoms with E-state index >= 15 is 0 Å². The van der Waals surface area contributed by atoms with Gasteiger partial charge in [0.05, 0.1) is 24.5 Å². The van der Waals surface area contributed by atoms with Crippen LogP contribution < -0.4 is 5.43 Å². The van der Waals surface area contributed by atoms with Crippen molar-refractivity contribution >= 4 is 11.7 Å². The summed E-state index contributed by atoms with van der Waals surface area (Å²) >= 11 is 0. The molecule has 1 aliphatic rings. The minimum absolute atomic E-state index is 0.322. The summed E-state index contributed by atoms with van der Waals surface area (Å²) in [4.78, 5) is 10.6. The van der Waals surface area contributed by atoms with Gasteiger partial charge in [-0.3, -0.25) is 0 Å². The Hall–Kier alpha value is -1.66. The lowest BCUT2D eigenvalue weighted by molar-refractivity contribution is 0.0497. The number of halogens is 1. The molecule has 0 radical (unpaired) electrons. The van der Waals surface area contributed by atoms with Crippen LogP contribution in [0.2, 0.25) is 0 Å². The van der Waals surface area contributed by atoms with Gasteiger partial charge in [-0.15, -0.1) is 0 Å². The first kappa shape index (κ1) is 11.8. The van der Waals surface area contributed by atoms with Gasteiger partial charge in [0, 0.05) is 13.1 Å². The van der Waals surface area contributed by atoms with Crippen molar-refractivity contribution in [2.75, 3.05) is 31.7 Å². The molecule has 0 saturated carbocycles. The van der Waals surface area contributed by atoms with E-state index in [1.807, 2.05) is 5.01 Å². The largest absolute Gasteiger partial charge is 0.478 e. The van der Waals surface area contributed by atoms with Crippen molar-refractivity contribution < 1.29 is 19.0 Å². The van der Waals surface area contributed by atoms with Crippen LogP contribution in [0.15, 0.2) is 18.2 Å². The first-order valence-corrected chi connectivity index (χ1v) is 5.29. The SMILES string of the molecule is O=C(O)c1ccc(NN2CCOCC2)cc1F. The zero-order valence-electron chi connectivity index (χ0n) is 9.15. The Morgan fingerprint density at radius 3 is 2.71 bits per heavy atom. The number of hydrazine groups is 1. The molecule has 0 spiro atoms. The molecule has 17 heavy (non-hydrogen) atoms. The summed E-state index contributed by atoms with van der Waals surface area (Å²) in [6, 6.07) is 3.97. The second kappa shape index (κ2) is 5.11. The normalized spacial score (nSPS) is 16.8. The van der Waals surface area contributed by atoms with Gasteiger partial charge in [0.25, 0.3) is 0 Å². The van der Waals surface area contributed by atoms with Gasteiger partial charge in [0.1, 0.15) is 5.82 Å². The van der Waals surface area contributed by atoms with E-state index in [1.165, 1.54) is 12.1 Å². The van der Waals surface area contributed by atoms with E-state index in [4.69, 9.17) is 9.84 Å². The van der Waals surface area contributed by atoms with Gasteiger partial charge in [-0.1, -0.05) is 0 Å². The van der Waals surface area contributed by atoms with Crippen LogP contribution in [0.25, 0.3) is 0 Å². The van der Waals surface area contributed by atoms with E-state index in [0.717, 1.165) is 0 Å². The van der Waals surface area contributed by atoms with Crippen molar-refractivity contribution in [1.82, 2.24) is 5.01 Å². The molecule has 1 fully saturated rings. The number of morpholine rings is 1. The first-order chi connectivity index (χ1) is 8.16. The van der Waals surface area contributed by atoms with E-state index in [2.05, 4.69) is 5.43 Å². The van der Waals surface area contributed by atoms with Gasteiger partial charge in [-0.2, -0.15) is 0 Å². The minimum atomic E-state index is -1.26. The highest BCUT2D eigenvalue weighted by Gasteiger charge is 2.13. The number of rotatable bonds is 3. The monoisotopic (exact) mass is 240 g/mol. The molecule has 6 heteroatoms. The average molecular weight is 240 g/mol. The number of anilines is 1. The van der Waals surface area contributed by atoms with Crippen LogP contribution in [0.4, 0.5) is 10.1 Å². The van der Waals surface area contributed by atoms with Gasteiger partial charge < -0.3 is 15.3 Å². The van der Waals surface area contributed by atoms with Crippen molar-refractivity contribution in [2.45, 2.75) is 0 Å². The molecule has 1 aromatic rings. The van der Waals surface area contributed by atoms with Crippen LogP contribution in [0, 0.1) is 5.82 Å². The fourth-order valence-electron chi connectivity index (χ4n) is 1.62. The Balaban J connectivity index is 2.06. The summed E-state index contributed by atoms with van der Waals surface area (Å²) in [6.07, 6.45) is 0.